The number of anilines is 2. The van der Waals surface area contributed by atoms with E-state index in [1.807, 2.05) is 18.2 Å². The number of carbonyl (C=O) groups is 1. The summed E-state index contributed by atoms with van der Waals surface area (Å²) in [7, 11) is 0. The normalized spacial score (nSPS) is 26.1. The van der Waals surface area contributed by atoms with Crippen LogP contribution in [-0.2, 0) is 9.53 Å². The Morgan fingerprint density at radius 1 is 1.30 bits per heavy atom. The van der Waals surface area contributed by atoms with Crippen molar-refractivity contribution in [3.05, 3.63) is 23.2 Å². The molecule has 1 aromatic rings. The van der Waals surface area contributed by atoms with Gasteiger partial charge in [-0.1, -0.05) is 11.6 Å². The van der Waals surface area contributed by atoms with Crippen molar-refractivity contribution in [1.82, 2.24) is 0 Å². The lowest BCUT2D eigenvalue weighted by Gasteiger charge is -2.33. The molecule has 1 fully saturated rings. The summed E-state index contributed by atoms with van der Waals surface area (Å²) in [6.45, 7) is 5.65. The number of hydrogen-bond donors (Lipinski definition) is 2. The second-order valence-electron chi connectivity index (χ2n) is 5.45. The van der Waals surface area contributed by atoms with Crippen molar-refractivity contribution in [2.45, 2.75) is 51.9 Å². The zero-order chi connectivity index (χ0) is 14.7. The molecule has 2 unspecified atom stereocenters. The smallest absolute Gasteiger partial charge is 0.221 e. The second-order valence-corrected chi connectivity index (χ2v) is 5.85. The molecule has 2 rings (SSSR count). The highest BCUT2D eigenvalue weighted by atomic mass is 35.5. The standard InChI is InChI=1S/C15H21ClN2O2/c1-9-6-13(7-10(2)20-9)18-12-4-5-15(14(16)8-12)17-11(3)19/h4-5,8-10,13,18H,6-7H2,1-3H3,(H,17,19). The van der Waals surface area contributed by atoms with Crippen LogP contribution in [0.15, 0.2) is 18.2 Å². The van der Waals surface area contributed by atoms with Crippen LogP contribution >= 0.6 is 11.6 Å². The van der Waals surface area contributed by atoms with E-state index in [1.54, 1.807) is 0 Å². The van der Waals surface area contributed by atoms with Gasteiger partial charge in [0, 0.05) is 18.7 Å². The maximum absolute atomic E-state index is 11.0. The zero-order valence-electron chi connectivity index (χ0n) is 12.1. The number of amides is 1. The molecule has 2 N–H and O–H groups in total. The van der Waals surface area contributed by atoms with E-state index >= 15 is 0 Å². The molecule has 2 atom stereocenters. The molecular formula is C15H21ClN2O2. The fraction of sp³-hybridized carbons (Fsp3) is 0.533. The predicted octanol–water partition coefficient (Wildman–Crippen LogP) is 3.67. The third-order valence-corrected chi connectivity index (χ3v) is 3.66. The predicted molar refractivity (Wildman–Crippen MR) is 82.4 cm³/mol. The van der Waals surface area contributed by atoms with Crippen LogP contribution in [-0.4, -0.2) is 24.2 Å². The summed E-state index contributed by atoms with van der Waals surface area (Å²) in [5, 5.41) is 6.73. The largest absolute Gasteiger partial charge is 0.382 e. The minimum absolute atomic E-state index is 0.125. The number of rotatable bonds is 3. The highest BCUT2D eigenvalue weighted by Crippen LogP contribution is 2.28. The molecule has 1 heterocycles. The van der Waals surface area contributed by atoms with E-state index in [1.165, 1.54) is 6.92 Å². The number of carbonyl (C=O) groups excluding carboxylic acids is 1. The molecule has 1 saturated heterocycles. The third kappa shape index (κ3) is 4.12. The Hall–Kier alpha value is -1.26. The molecule has 0 aliphatic carbocycles. The molecule has 5 heteroatoms. The number of hydrogen-bond acceptors (Lipinski definition) is 3. The zero-order valence-corrected chi connectivity index (χ0v) is 12.8. The van der Waals surface area contributed by atoms with Crippen LogP contribution < -0.4 is 10.6 Å². The first-order chi connectivity index (χ1) is 9.44. The Kier molecular flexibility index (Phi) is 4.89. The van der Waals surface area contributed by atoms with Crippen LogP contribution in [0, 0.1) is 0 Å². The molecule has 1 aliphatic rings. The Bertz CT molecular complexity index is 483. The van der Waals surface area contributed by atoms with Crippen LogP contribution in [0.25, 0.3) is 0 Å². The summed E-state index contributed by atoms with van der Waals surface area (Å²) in [6, 6.07) is 5.98. The Morgan fingerprint density at radius 3 is 2.50 bits per heavy atom. The minimum atomic E-state index is -0.125. The van der Waals surface area contributed by atoms with Crippen LogP contribution in [0.5, 0.6) is 0 Å². The first-order valence-electron chi connectivity index (χ1n) is 6.93. The maximum Gasteiger partial charge on any atom is 0.221 e. The SMILES string of the molecule is CC(=O)Nc1ccc(NC2CC(C)OC(C)C2)cc1Cl. The van der Waals surface area contributed by atoms with E-state index in [-0.39, 0.29) is 18.1 Å². The number of benzene rings is 1. The first-order valence-corrected chi connectivity index (χ1v) is 7.31. The van der Waals surface area contributed by atoms with Gasteiger partial charge in [-0.05, 0) is 44.9 Å². The topological polar surface area (TPSA) is 50.4 Å². The van der Waals surface area contributed by atoms with Gasteiger partial charge in [0.2, 0.25) is 5.91 Å². The van der Waals surface area contributed by atoms with Gasteiger partial charge in [-0.3, -0.25) is 4.79 Å². The Labute approximate surface area is 124 Å². The molecule has 0 spiro atoms. The molecule has 110 valence electrons. The summed E-state index contributed by atoms with van der Waals surface area (Å²) >= 11 is 6.17. The molecule has 1 amide bonds. The summed E-state index contributed by atoms with van der Waals surface area (Å²) in [6.07, 6.45) is 2.50. The lowest BCUT2D eigenvalue weighted by molar-refractivity contribution is -0.114. The van der Waals surface area contributed by atoms with E-state index in [2.05, 4.69) is 24.5 Å². The quantitative estimate of drug-likeness (QED) is 0.895. The molecule has 20 heavy (non-hydrogen) atoms. The van der Waals surface area contributed by atoms with Crippen molar-refractivity contribution in [3.63, 3.8) is 0 Å². The molecule has 0 radical (unpaired) electrons. The van der Waals surface area contributed by atoms with Gasteiger partial charge in [-0.25, -0.2) is 0 Å². The molecule has 0 saturated carbocycles. The van der Waals surface area contributed by atoms with Gasteiger partial charge in [0.15, 0.2) is 0 Å². The minimum Gasteiger partial charge on any atom is -0.382 e. The van der Waals surface area contributed by atoms with Crippen LogP contribution in [0.4, 0.5) is 11.4 Å². The van der Waals surface area contributed by atoms with Crippen molar-refractivity contribution in [1.29, 1.82) is 0 Å². The average Bonchev–Trinajstić information content (AvgIpc) is 2.31. The van der Waals surface area contributed by atoms with Crippen molar-refractivity contribution in [2.75, 3.05) is 10.6 Å². The molecular weight excluding hydrogens is 276 g/mol. The maximum atomic E-state index is 11.0. The molecule has 1 aliphatic heterocycles. The number of nitrogens with one attached hydrogen (secondary N) is 2. The fourth-order valence-electron chi connectivity index (χ4n) is 2.65. The molecule has 0 bridgehead atoms. The van der Waals surface area contributed by atoms with Gasteiger partial charge in [-0.15, -0.1) is 0 Å². The summed E-state index contributed by atoms with van der Waals surface area (Å²) in [5.41, 5.74) is 1.61. The molecule has 0 aromatic heterocycles. The van der Waals surface area contributed by atoms with E-state index in [0.717, 1.165) is 18.5 Å². The fourth-order valence-corrected chi connectivity index (χ4v) is 2.88. The van der Waals surface area contributed by atoms with Gasteiger partial charge < -0.3 is 15.4 Å². The van der Waals surface area contributed by atoms with Crippen molar-refractivity contribution >= 4 is 28.9 Å². The number of ether oxygens (including phenoxy) is 1. The summed E-state index contributed by atoms with van der Waals surface area (Å²) in [5.74, 6) is -0.125. The van der Waals surface area contributed by atoms with Crippen LogP contribution in [0.1, 0.15) is 33.6 Å². The van der Waals surface area contributed by atoms with Gasteiger partial charge in [0.25, 0.3) is 0 Å². The van der Waals surface area contributed by atoms with E-state index in [4.69, 9.17) is 16.3 Å². The highest BCUT2D eigenvalue weighted by Gasteiger charge is 2.24. The Morgan fingerprint density at radius 2 is 1.95 bits per heavy atom. The van der Waals surface area contributed by atoms with Crippen LogP contribution in [0.3, 0.4) is 0 Å². The third-order valence-electron chi connectivity index (χ3n) is 3.35. The lowest BCUT2D eigenvalue weighted by Crippen LogP contribution is -2.36. The summed E-state index contributed by atoms with van der Waals surface area (Å²) < 4.78 is 5.73. The monoisotopic (exact) mass is 296 g/mol. The lowest BCUT2D eigenvalue weighted by atomic mass is 9.99. The van der Waals surface area contributed by atoms with Crippen molar-refractivity contribution < 1.29 is 9.53 Å². The van der Waals surface area contributed by atoms with Crippen molar-refractivity contribution in [2.24, 2.45) is 0 Å². The molecule has 1 aromatic carbocycles. The van der Waals surface area contributed by atoms with Crippen LogP contribution in [0.2, 0.25) is 5.02 Å². The van der Waals surface area contributed by atoms with Crippen molar-refractivity contribution in [3.8, 4) is 0 Å². The van der Waals surface area contributed by atoms with Gasteiger partial charge >= 0.3 is 0 Å². The number of halogens is 1. The molecule has 4 nitrogen and oxygen atoms in total. The van der Waals surface area contributed by atoms with E-state index in [0.29, 0.717) is 16.8 Å². The van der Waals surface area contributed by atoms with E-state index in [9.17, 15) is 4.79 Å². The summed E-state index contributed by atoms with van der Waals surface area (Å²) in [4.78, 5) is 11.0. The second kappa shape index (κ2) is 6.46. The van der Waals surface area contributed by atoms with Gasteiger partial charge in [-0.2, -0.15) is 0 Å². The highest BCUT2D eigenvalue weighted by molar-refractivity contribution is 6.34. The average molecular weight is 297 g/mol. The van der Waals surface area contributed by atoms with E-state index < -0.39 is 0 Å². The van der Waals surface area contributed by atoms with Gasteiger partial charge in [0.1, 0.15) is 0 Å². The van der Waals surface area contributed by atoms with Gasteiger partial charge in [0.05, 0.1) is 22.9 Å². The first kappa shape index (κ1) is 15.1. The Balaban J connectivity index is 2.03.